The molecule has 8 rings (SSSR count). The summed E-state index contributed by atoms with van der Waals surface area (Å²) in [6.45, 7) is 6.39. The maximum absolute atomic E-state index is 6.39. The zero-order valence-corrected chi connectivity index (χ0v) is 26.4. The van der Waals surface area contributed by atoms with Crippen LogP contribution in [0.3, 0.4) is 0 Å². The molecule has 0 heterocycles. The molecule has 2 aliphatic carbocycles. The van der Waals surface area contributed by atoms with Gasteiger partial charge < -0.3 is 4.90 Å². The van der Waals surface area contributed by atoms with Gasteiger partial charge in [-0.1, -0.05) is 133 Å². The average molecular weight is 610 g/mol. The number of allylic oxidation sites excluding steroid dienone is 5. The molecule has 0 bridgehead atoms. The molecule has 6 aromatic carbocycles. The quantitative estimate of drug-likeness (QED) is 0.181. The molecule has 1 atom stereocenters. The summed E-state index contributed by atoms with van der Waals surface area (Å²) in [4.78, 5) is 2.33. The number of hydrogen-bond acceptors (Lipinski definition) is 1. The Morgan fingerprint density at radius 3 is 1.78 bits per heavy atom. The average Bonchev–Trinajstić information content (AvgIpc) is 3.56. The lowest BCUT2D eigenvalue weighted by atomic mass is 9.69. The monoisotopic (exact) mass is 609 g/mol. The Labute approximate surface area is 276 Å². The molecule has 1 spiro atoms. The molecular formula is C44H32ClN. The smallest absolute Gasteiger partial charge is 0.0726 e. The van der Waals surface area contributed by atoms with Crippen LogP contribution in [0.25, 0.3) is 27.8 Å². The number of benzene rings is 6. The van der Waals surface area contributed by atoms with Crippen LogP contribution in [0, 0.1) is 0 Å². The first-order valence-electron chi connectivity index (χ1n) is 15.7. The molecule has 0 N–H and O–H groups in total. The number of hydrogen-bond donors (Lipinski definition) is 0. The van der Waals surface area contributed by atoms with Gasteiger partial charge in [-0.3, -0.25) is 0 Å². The zero-order chi connectivity index (χ0) is 31.3. The third-order valence-electron chi connectivity index (χ3n) is 9.46. The summed E-state index contributed by atoms with van der Waals surface area (Å²) in [6.07, 6.45) is 6.47. The van der Waals surface area contributed by atoms with Crippen molar-refractivity contribution >= 4 is 34.2 Å². The Hall–Kier alpha value is -5.37. The second-order valence-corrected chi connectivity index (χ2v) is 12.3. The molecule has 0 radical (unpaired) electrons. The van der Waals surface area contributed by atoms with Crippen molar-refractivity contribution in [3.63, 3.8) is 0 Å². The molecule has 0 fully saturated rings. The molecule has 1 nitrogen and oxygen atoms in total. The first-order valence-corrected chi connectivity index (χ1v) is 16.1. The van der Waals surface area contributed by atoms with Crippen molar-refractivity contribution in [1.29, 1.82) is 0 Å². The molecule has 0 aliphatic heterocycles. The maximum atomic E-state index is 6.39. The summed E-state index contributed by atoms with van der Waals surface area (Å²) >= 11 is 6.39. The van der Waals surface area contributed by atoms with Crippen LogP contribution < -0.4 is 4.90 Å². The van der Waals surface area contributed by atoms with Gasteiger partial charge in [0.2, 0.25) is 0 Å². The van der Waals surface area contributed by atoms with Gasteiger partial charge in [0.15, 0.2) is 0 Å². The van der Waals surface area contributed by atoms with E-state index in [1.807, 2.05) is 18.2 Å². The highest BCUT2D eigenvalue weighted by molar-refractivity contribution is 6.30. The van der Waals surface area contributed by atoms with Crippen LogP contribution in [-0.4, -0.2) is 0 Å². The molecule has 0 saturated carbocycles. The van der Waals surface area contributed by atoms with E-state index in [4.69, 9.17) is 11.6 Å². The van der Waals surface area contributed by atoms with E-state index in [2.05, 4.69) is 164 Å². The predicted molar refractivity (Wildman–Crippen MR) is 195 cm³/mol. The van der Waals surface area contributed by atoms with Crippen LogP contribution in [0.5, 0.6) is 0 Å². The summed E-state index contributed by atoms with van der Waals surface area (Å²) in [5, 5.41) is 0.715. The van der Waals surface area contributed by atoms with Crippen molar-refractivity contribution in [3.05, 3.63) is 203 Å². The lowest BCUT2D eigenvalue weighted by molar-refractivity contribution is 0.786. The Bertz CT molecular complexity index is 2170. The van der Waals surface area contributed by atoms with Crippen molar-refractivity contribution in [2.45, 2.75) is 12.3 Å². The molecule has 2 aliphatic rings. The van der Waals surface area contributed by atoms with Crippen molar-refractivity contribution < 1.29 is 0 Å². The fourth-order valence-electron chi connectivity index (χ4n) is 7.60. The molecule has 1 unspecified atom stereocenters. The summed E-state index contributed by atoms with van der Waals surface area (Å²) in [5.41, 5.74) is 15.3. The highest BCUT2D eigenvalue weighted by Crippen LogP contribution is 2.62. The highest BCUT2D eigenvalue weighted by Gasteiger charge is 2.51. The summed E-state index contributed by atoms with van der Waals surface area (Å²) in [5.74, 6) is 0. The Morgan fingerprint density at radius 2 is 1.11 bits per heavy atom. The van der Waals surface area contributed by atoms with E-state index in [1.165, 1.54) is 55.7 Å². The lowest BCUT2D eigenvalue weighted by Gasteiger charge is -2.33. The highest BCUT2D eigenvalue weighted by atomic mass is 35.5. The van der Waals surface area contributed by atoms with Gasteiger partial charge in [-0.05, 0) is 111 Å². The second kappa shape index (κ2) is 11.2. The van der Waals surface area contributed by atoms with Crippen LogP contribution in [0.2, 0.25) is 5.02 Å². The predicted octanol–water partition coefficient (Wildman–Crippen LogP) is 12.3. The van der Waals surface area contributed by atoms with Gasteiger partial charge in [-0.2, -0.15) is 0 Å². The molecule has 2 heteroatoms. The Morgan fingerprint density at radius 1 is 0.565 bits per heavy atom. The van der Waals surface area contributed by atoms with Crippen LogP contribution in [0.15, 0.2) is 176 Å². The number of halogens is 1. The van der Waals surface area contributed by atoms with Gasteiger partial charge in [0.25, 0.3) is 0 Å². The van der Waals surface area contributed by atoms with E-state index in [1.54, 1.807) is 0 Å². The molecular weight excluding hydrogens is 578 g/mol. The van der Waals surface area contributed by atoms with E-state index >= 15 is 0 Å². The largest absolute Gasteiger partial charge is 0.310 e. The van der Waals surface area contributed by atoms with Gasteiger partial charge in [-0.15, -0.1) is 0 Å². The van der Waals surface area contributed by atoms with Crippen molar-refractivity contribution in [1.82, 2.24) is 0 Å². The minimum atomic E-state index is -0.461. The molecule has 0 aromatic heterocycles. The fraction of sp³-hybridized carbons (Fsp3) is 0.0455. The first-order chi connectivity index (χ1) is 22.6. The lowest BCUT2D eigenvalue weighted by Crippen LogP contribution is -2.27. The summed E-state index contributed by atoms with van der Waals surface area (Å²) in [6, 6.07) is 52.1. The third kappa shape index (κ3) is 4.16. The zero-order valence-electron chi connectivity index (χ0n) is 25.6. The van der Waals surface area contributed by atoms with Gasteiger partial charge >= 0.3 is 0 Å². The number of anilines is 3. The molecule has 0 amide bonds. The Kier molecular flexibility index (Phi) is 6.86. The van der Waals surface area contributed by atoms with Crippen molar-refractivity contribution in [3.8, 4) is 22.3 Å². The van der Waals surface area contributed by atoms with Gasteiger partial charge in [0, 0.05) is 22.1 Å². The number of fused-ring (bicyclic) bond motifs is 7. The van der Waals surface area contributed by atoms with E-state index in [0.29, 0.717) is 5.02 Å². The van der Waals surface area contributed by atoms with Crippen LogP contribution in [-0.2, 0) is 5.41 Å². The molecule has 0 saturated heterocycles. The first kappa shape index (κ1) is 28.1. The minimum absolute atomic E-state index is 0.461. The SMILES string of the molecule is C=CC1=C(/C=C\C)C2(c3ccccc31)c1ccccc1-c1ccc(N(c3ccc(Cl)cc3)c3ccc(-c4ccccc4)cc3)cc12. The topological polar surface area (TPSA) is 3.24 Å². The van der Waals surface area contributed by atoms with E-state index in [-0.39, 0.29) is 0 Å². The number of rotatable bonds is 6. The van der Waals surface area contributed by atoms with Crippen molar-refractivity contribution in [2.24, 2.45) is 0 Å². The molecule has 220 valence electrons. The normalized spacial score (nSPS) is 16.0. The standard InChI is InChI=1S/C44H32ClN/c1-3-12-40-36(4-2)37-15-8-10-17-41(37)44(40)42-18-11-9-16-38(42)39-28-27-35(29-43(39)44)46(34-25-21-32(45)22-26-34)33-23-19-31(20-24-33)30-13-6-5-7-14-30/h3-29H,2H2,1H3/b12-3-. The van der Waals surface area contributed by atoms with E-state index in [0.717, 1.165) is 17.1 Å². The third-order valence-corrected chi connectivity index (χ3v) is 9.71. The Balaban J connectivity index is 1.38. The molecule has 6 aromatic rings. The summed E-state index contributed by atoms with van der Waals surface area (Å²) in [7, 11) is 0. The van der Waals surface area contributed by atoms with Gasteiger partial charge in [0.1, 0.15) is 0 Å². The van der Waals surface area contributed by atoms with E-state index < -0.39 is 5.41 Å². The second-order valence-electron chi connectivity index (χ2n) is 11.8. The molecule has 46 heavy (non-hydrogen) atoms. The van der Waals surface area contributed by atoms with Crippen LogP contribution in [0.4, 0.5) is 17.1 Å². The van der Waals surface area contributed by atoms with Gasteiger partial charge in [-0.25, -0.2) is 0 Å². The van der Waals surface area contributed by atoms with Crippen molar-refractivity contribution in [2.75, 3.05) is 4.90 Å². The van der Waals surface area contributed by atoms with Crippen LogP contribution in [0.1, 0.15) is 29.2 Å². The fourth-order valence-corrected chi connectivity index (χ4v) is 7.72. The number of nitrogens with zero attached hydrogens (tertiary/aromatic N) is 1. The van der Waals surface area contributed by atoms with Gasteiger partial charge in [0.05, 0.1) is 5.41 Å². The summed E-state index contributed by atoms with van der Waals surface area (Å²) < 4.78 is 0. The minimum Gasteiger partial charge on any atom is -0.310 e. The van der Waals surface area contributed by atoms with Crippen LogP contribution >= 0.6 is 11.6 Å². The van der Waals surface area contributed by atoms with E-state index in [9.17, 15) is 0 Å². The maximum Gasteiger partial charge on any atom is 0.0726 e.